The second kappa shape index (κ2) is 4.92. The van der Waals surface area contributed by atoms with Crippen molar-refractivity contribution < 1.29 is 0 Å². The number of rotatable bonds is 3. The molecule has 3 heterocycles. The van der Waals surface area contributed by atoms with Crippen LogP contribution in [0.3, 0.4) is 0 Å². The molecule has 3 rings (SSSR count). The normalized spacial score (nSPS) is 12.8. The molecular formula is C12H12ClN5OS. The number of hydrogen-bond donors (Lipinski definition) is 2. The lowest BCUT2D eigenvalue weighted by atomic mass is 10.3. The summed E-state index contributed by atoms with van der Waals surface area (Å²) in [7, 11) is 0. The summed E-state index contributed by atoms with van der Waals surface area (Å²) in [5, 5.41) is 9.64. The number of aryl methyl sites for hydroxylation is 1. The number of fused-ring (bicyclic) bond motifs is 1. The van der Waals surface area contributed by atoms with Gasteiger partial charge in [0.2, 0.25) is 0 Å². The average molecular weight is 310 g/mol. The van der Waals surface area contributed by atoms with E-state index in [0.29, 0.717) is 17.3 Å². The van der Waals surface area contributed by atoms with E-state index in [4.69, 9.17) is 11.6 Å². The Morgan fingerprint density at radius 1 is 1.50 bits per heavy atom. The molecule has 8 heteroatoms. The van der Waals surface area contributed by atoms with Gasteiger partial charge < -0.3 is 5.32 Å². The average Bonchev–Trinajstić information content (AvgIpc) is 2.96. The van der Waals surface area contributed by atoms with Gasteiger partial charge in [0.1, 0.15) is 11.6 Å². The minimum absolute atomic E-state index is 0.0764. The smallest absolute Gasteiger partial charge is 0.349 e. The van der Waals surface area contributed by atoms with Crippen molar-refractivity contribution in [1.82, 2.24) is 19.6 Å². The third-order valence-electron chi connectivity index (χ3n) is 2.96. The van der Waals surface area contributed by atoms with Crippen LogP contribution in [-0.4, -0.2) is 19.6 Å². The highest BCUT2D eigenvalue weighted by Gasteiger charge is 2.11. The van der Waals surface area contributed by atoms with E-state index < -0.39 is 0 Å². The standard InChI is InChI=1S/C12H12ClN5OS/c1-6(8-3-4-9(13)20-8)14-10-5-11-16-17-12(19)18(11)7(2)15-10/h3-6,14H,1-2H3,(H,17,19). The zero-order valence-corrected chi connectivity index (χ0v) is 12.4. The van der Waals surface area contributed by atoms with Crippen LogP contribution in [0.5, 0.6) is 0 Å². The molecule has 0 aromatic carbocycles. The molecule has 0 aliphatic rings. The van der Waals surface area contributed by atoms with Gasteiger partial charge in [-0.25, -0.2) is 19.3 Å². The lowest BCUT2D eigenvalue weighted by molar-refractivity contribution is 0.875. The third-order valence-corrected chi connectivity index (χ3v) is 4.37. The SMILES string of the molecule is Cc1nc(NC(C)c2ccc(Cl)s2)cc2n[nH]c(=O)n12. The fourth-order valence-electron chi connectivity index (χ4n) is 2.03. The van der Waals surface area contributed by atoms with Gasteiger partial charge >= 0.3 is 5.69 Å². The Labute approximate surface area is 123 Å². The number of H-pyrrole nitrogens is 1. The highest BCUT2D eigenvalue weighted by atomic mass is 35.5. The molecule has 0 aliphatic heterocycles. The van der Waals surface area contributed by atoms with Crippen molar-refractivity contribution in [2.45, 2.75) is 19.9 Å². The molecule has 0 aliphatic carbocycles. The van der Waals surface area contributed by atoms with E-state index in [2.05, 4.69) is 20.5 Å². The van der Waals surface area contributed by atoms with Crippen LogP contribution in [0, 0.1) is 6.92 Å². The summed E-state index contributed by atoms with van der Waals surface area (Å²) in [6.45, 7) is 3.79. The largest absolute Gasteiger partial charge is 0.363 e. The summed E-state index contributed by atoms with van der Waals surface area (Å²) >= 11 is 7.46. The molecule has 3 aromatic heterocycles. The first kappa shape index (κ1) is 13.1. The third kappa shape index (κ3) is 2.30. The van der Waals surface area contributed by atoms with Crippen molar-refractivity contribution in [3.63, 3.8) is 0 Å². The molecule has 0 amide bonds. The van der Waals surface area contributed by atoms with Gasteiger partial charge in [-0.1, -0.05) is 11.6 Å². The summed E-state index contributed by atoms with van der Waals surface area (Å²) in [6, 6.07) is 5.66. The fraction of sp³-hybridized carbons (Fsp3) is 0.250. The zero-order chi connectivity index (χ0) is 14.3. The molecule has 0 spiro atoms. The maximum Gasteiger partial charge on any atom is 0.349 e. The van der Waals surface area contributed by atoms with Crippen LogP contribution in [0.2, 0.25) is 4.34 Å². The van der Waals surface area contributed by atoms with Crippen LogP contribution >= 0.6 is 22.9 Å². The molecule has 20 heavy (non-hydrogen) atoms. The maximum atomic E-state index is 11.5. The van der Waals surface area contributed by atoms with Gasteiger partial charge in [-0.05, 0) is 26.0 Å². The van der Waals surface area contributed by atoms with Gasteiger partial charge in [0, 0.05) is 10.9 Å². The number of aromatic nitrogens is 4. The molecule has 6 nitrogen and oxygen atoms in total. The van der Waals surface area contributed by atoms with Crippen LogP contribution in [0.1, 0.15) is 23.7 Å². The Kier molecular flexibility index (Phi) is 3.23. The van der Waals surface area contributed by atoms with Crippen molar-refractivity contribution in [3.8, 4) is 0 Å². The van der Waals surface area contributed by atoms with Gasteiger partial charge in [0.25, 0.3) is 0 Å². The number of aromatic amines is 1. The molecule has 0 radical (unpaired) electrons. The number of nitrogens with one attached hydrogen (secondary N) is 2. The predicted molar refractivity (Wildman–Crippen MR) is 79.7 cm³/mol. The molecule has 1 atom stereocenters. The van der Waals surface area contributed by atoms with E-state index in [1.54, 1.807) is 13.0 Å². The number of hydrogen-bond acceptors (Lipinski definition) is 5. The van der Waals surface area contributed by atoms with Crippen molar-refractivity contribution in [1.29, 1.82) is 0 Å². The molecule has 3 aromatic rings. The van der Waals surface area contributed by atoms with Crippen LogP contribution in [0.15, 0.2) is 23.0 Å². The molecule has 0 saturated carbocycles. The number of halogens is 1. The summed E-state index contributed by atoms with van der Waals surface area (Å²) in [5.41, 5.74) is 0.260. The van der Waals surface area contributed by atoms with E-state index in [-0.39, 0.29) is 11.7 Å². The Balaban J connectivity index is 1.93. The lowest BCUT2D eigenvalue weighted by Gasteiger charge is -2.13. The number of anilines is 1. The molecule has 1 unspecified atom stereocenters. The van der Waals surface area contributed by atoms with E-state index in [0.717, 1.165) is 9.21 Å². The van der Waals surface area contributed by atoms with E-state index >= 15 is 0 Å². The van der Waals surface area contributed by atoms with Gasteiger partial charge in [0.15, 0.2) is 5.65 Å². The van der Waals surface area contributed by atoms with Crippen molar-refractivity contribution >= 4 is 34.4 Å². The van der Waals surface area contributed by atoms with Gasteiger partial charge in [-0.3, -0.25) is 0 Å². The van der Waals surface area contributed by atoms with E-state index in [1.807, 2.05) is 19.1 Å². The van der Waals surface area contributed by atoms with Crippen LogP contribution in [0.25, 0.3) is 5.65 Å². The van der Waals surface area contributed by atoms with Gasteiger partial charge in [-0.15, -0.1) is 11.3 Å². The first-order valence-corrected chi connectivity index (χ1v) is 7.20. The Morgan fingerprint density at radius 2 is 2.30 bits per heavy atom. The second-order valence-corrected chi connectivity index (χ2v) is 6.17. The van der Waals surface area contributed by atoms with Crippen LogP contribution in [-0.2, 0) is 0 Å². The Hall–Kier alpha value is -1.86. The Morgan fingerprint density at radius 3 is 3.00 bits per heavy atom. The molecule has 0 bridgehead atoms. The van der Waals surface area contributed by atoms with E-state index in [1.165, 1.54) is 15.7 Å². The fourth-order valence-corrected chi connectivity index (χ4v) is 3.09. The predicted octanol–water partition coefficient (Wildman–Crippen LogP) is 2.61. The summed E-state index contributed by atoms with van der Waals surface area (Å²) in [6.07, 6.45) is 0. The molecule has 2 N–H and O–H groups in total. The second-order valence-electron chi connectivity index (χ2n) is 4.42. The molecular weight excluding hydrogens is 298 g/mol. The summed E-state index contributed by atoms with van der Waals surface area (Å²) in [4.78, 5) is 17.0. The van der Waals surface area contributed by atoms with Crippen molar-refractivity contribution in [2.75, 3.05) is 5.32 Å². The summed E-state index contributed by atoms with van der Waals surface area (Å²) in [5.74, 6) is 1.26. The van der Waals surface area contributed by atoms with Gasteiger partial charge in [-0.2, -0.15) is 5.10 Å². The lowest BCUT2D eigenvalue weighted by Crippen LogP contribution is -2.14. The first-order valence-electron chi connectivity index (χ1n) is 6.01. The zero-order valence-electron chi connectivity index (χ0n) is 10.8. The van der Waals surface area contributed by atoms with Crippen molar-refractivity contribution in [3.05, 3.63) is 43.7 Å². The molecule has 0 saturated heterocycles. The van der Waals surface area contributed by atoms with Crippen LogP contribution in [0.4, 0.5) is 5.82 Å². The monoisotopic (exact) mass is 309 g/mol. The van der Waals surface area contributed by atoms with Crippen LogP contribution < -0.4 is 11.0 Å². The minimum Gasteiger partial charge on any atom is -0.363 e. The highest BCUT2D eigenvalue weighted by Crippen LogP contribution is 2.28. The number of nitrogens with zero attached hydrogens (tertiary/aromatic N) is 3. The first-order chi connectivity index (χ1) is 9.54. The van der Waals surface area contributed by atoms with E-state index in [9.17, 15) is 4.79 Å². The molecule has 104 valence electrons. The molecule has 0 fully saturated rings. The van der Waals surface area contributed by atoms with Gasteiger partial charge in [0.05, 0.1) is 10.4 Å². The quantitative estimate of drug-likeness (QED) is 0.780. The van der Waals surface area contributed by atoms with Crippen molar-refractivity contribution in [2.24, 2.45) is 0 Å². The Bertz CT molecular complexity index is 821. The summed E-state index contributed by atoms with van der Waals surface area (Å²) < 4.78 is 2.18. The maximum absolute atomic E-state index is 11.5. The highest BCUT2D eigenvalue weighted by molar-refractivity contribution is 7.16. The minimum atomic E-state index is -0.283. The number of thiophene rings is 1. The topological polar surface area (TPSA) is 75.1 Å².